The number of halogens is 1. The summed E-state index contributed by atoms with van der Waals surface area (Å²) in [5.41, 5.74) is 12.3. The second kappa shape index (κ2) is 14.9. The Hall–Kier alpha value is -3.52. The van der Waals surface area contributed by atoms with Crippen LogP contribution in [0.5, 0.6) is 0 Å². The van der Waals surface area contributed by atoms with E-state index in [0.717, 1.165) is 34.7 Å². The minimum atomic E-state index is -0.640. The van der Waals surface area contributed by atoms with Gasteiger partial charge >= 0.3 is 6.09 Å². The number of nitrogens with two attached hydrogens (primary N) is 1. The second-order valence-corrected chi connectivity index (χ2v) is 11.6. The summed E-state index contributed by atoms with van der Waals surface area (Å²) >= 11 is 0. The first kappa shape index (κ1) is 33.7. The van der Waals surface area contributed by atoms with E-state index in [4.69, 9.17) is 10.5 Å². The Morgan fingerprint density at radius 3 is 2.63 bits per heavy atom. The highest BCUT2D eigenvalue weighted by molar-refractivity contribution is 5.96. The van der Waals surface area contributed by atoms with E-state index in [1.807, 2.05) is 66.8 Å². The van der Waals surface area contributed by atoms with E-state index in [0.29, 0.717) is 42.8 Å². The fourth-order valence-corrected chi connectivity index (χ4v) is 4.60. The lowest BCUT2D eigenvalue weighted by Gasteiger charge is -2.31. The second-order valence-electron chi connectivity index (χ2n) is 11.6. The summed E-state index contributed by atoms with van der Waals surface area (Å²) in [6.45, 7) is 18.7. The molecule has 0 radical (unpaired) electrons. The molecule has 1 aliphatic heterocycles. The van der Waals surface area contributed by atoms with Crippen molar-refractivity contribution >= 4 is 18.0 Å². The third-order valence-corrected chi connectivity index (χ3v) is 6.75. The van der Waals surface area contributed by atoms with Gasteiger partial charge in [-0.1, -0.05) is 24.3 Å². The van der Waals surface area contributed by atoms with Gasteiger partial charge in [-0.25, -0.2) is 9.18 Å². The van der Waals surface area contributed by atoms with Crippen molar-refractivity contribution in [1.82, 2.24) is 9.80 Å². The predicted molar refractivity (Wildman–Crippen MR) is 170 cm³/mol. The minimum Gasteiger partial charge on any atom is -0.443 e. The van der Waals surface area contributed by atoms with Crippen LogP contribution in [0.3, 0.4) is 0 Å². The van der Waals surface area contributed by atoms with Crippen molar-refractivity contribution in [2.75, 3.05) is 33.7 Å². The van der Waals surface area contributed by atoms with E-state index < -0.39 is 11.7 Å². The zero-order valence-corrected chi connectivity index (χ0v) is 26.3. The first-order chi connectivity index (χ1) is 19.2. The molecule has 2 aliphatic rings. The van der Waals surface area contributed by atoms with E-state index in [9.17, 15) is 4.79 Å². The average molecular weight is 566 g/mol. The number of carbonyl (C=O) groups excluding carboxylic acids is 1. The molecule has 0 aromatic carbocycles. The van der Waals surface area contributed by atoms with Crippen LogP contribution in [0.1, 0.15) is 61.3 Å². The molecule has 2 rings (SSSR count). The standard InChI is InChI=1S/C33H48FN5O2/c1-11-31-24(5)29(20-37-14-15-39(31)32(40)41-33(6,7)8)28-18-25(12-13-30(28)34)17-26(35)19-27(36-9)16-23(4)21-38(10)22(2)3/h11,13,16-18,20,26H,2,12,14-15,19,21,35H2,1,3-10H3/b23-16+,25-17+,29-24+,31-11-,36-27+,37-20-. The maximum Gasteiger partial charge on any atom is 0.414 e. The van der Waals surface area contributed by atoms with Crippen molar-refractivity contribution in [2.24, 2.45) is 15.7 Å². The van der Waals surface area contributed by atoms with Crippen molar-refractivity contribution in [3.63, 3.8) is 0 Å². The van der Waals surface area contributed by atoms with Gasteiger partial charge in [0.1, 0.15) is 11.4 Å². The molecule has 0 saturated heterocycles. The van der Waals surface area contributed by atoms with Crippen LogP contribution in [-0.4, -0.2) is 73.2 Å². The summed E-state index contributed by atoms with van der Waals surface area (Å²) in [6, 6.07) is -0.298. The van der Waals surface area contributed by atoms with E-state index >= 15 is 4.39 Å². The average Bonchev–Trinajstić information content (AvgIpc) is 2.86. The lowest BCUT2D eigenvalue weighted by atomic mass is 9.90. The number of allylic oxidation sites excluding steroid dienone is 10. The van der Waals surface area contributed by atoms with Crippen molar-refractivity contribution < 1.29 is 13.9 Å². The number of carbonyl (C=O) groups is 1. The van der Waals surface area contributed by atoms with Crippen LogP contribution in [0.2, 0.25) is 0 Å². The third-order valence-electron chi connectivity index (χ3n) is 6.75. The molecule has 41 heavy (non-hydrogen) atoms. The molecular formula is C33H48FN5O2. The Morgan fingerprint density at radius 1 is 1.37 bits per heavy atom. The van der Waals surface area contributed by atoms with Crippen LogP contribution in [0.4, 0.5) is 9.18 Å². The topological polar surface area (TPSA) is 83.5 Å². The summed E-state index contributed by atoms with van der Waals surface area (Å²) in [5.74, 6) is -0.327. The molecule has 7 nitrogen and oxygen atoms in total. The molecule has 0 spiro atoms. The van der Waals surface area contributed by atoms with Gasteiger partial charge in [0, 0.05) is 74.1 Å². The zero-order chi connectivity index (χ0) is 30.9. The quantitative estimate of drug-likeness (QED) is 0.327. The number of hydrogen-bond donors (Lipinski definition) is 1. The van der Waals surface area contributed by atoms with Gasteiger partial charge in [0.2, 0.25) is 0 Å². The molecule has 0 aromatic rings. The zero-order valence-electron chi connectivity index (χ0n) is 26.3. The van der Waals surface area contributed by atoms with Gasteiger partial charge in [0.05, 0.1) is 6.54 Å². The predicted octanol–water partition coefficient (Wildman–Crippen LogP) is 6.84. The van der Waals surface area contributed by atoms with Crippen molar-refractivity contribution in [2.45, 2.75) is 73.0 Å². The molecule has 1 heterocycles. The largest absolute Gasteiger partial charge is 0.443 e. The van der Waals surface area contributed by atoms with Gasteiger partial charge in [-0.15, -0.1) is 0 Å². The van der Waals surface area contributed by atoms with E-state index in [1.54, 1.807) is 24.2 Å². The highest BCUT2D eigenvalue weighted by Gasteiger charge is 2.28. The summed E-state index contributed by atoms with van der Waals surface area (Å²) < 4.78 is 20.9. The molecule has 1 amide bonds. The Morgan fingerprint density at radius 2 is 2.05 bits per heavy atom. The van der Waals surface area contributed by atoms with Crippen LogP contribution in [0.15, 0.2) is 92.0 Å². The van der Waals surface area contributed by atoms with Crippen LogP contribution in [-0.2, 0) is 4.74 Å². The normalized spacial score (nSPS) is 22.6. The Labute approximate surface area is 246 Å². The molecule has 0 saturated carbocycles. The van der Waals surface area contributed by atoms with Gasteiger partial charge < -0.3 is 15.4 Å². The maximum atomic E-state index is 15.3. The molecule has 0 bridgehead atoms. The number of rotatable bonds is 8. The summed E-state index contributed by atoms with van der Waals surface area (Å²) in [7, 11) is 3.77. The molecule has 2 N–H and O–H groups in total. The number of nitrogens with zero attached hydrogens (tertiary/aromatic N) is 4. The molecule has 1 atom stereocenters. The number of amides is 1. The Kier molecular flexibility index (Phi) is 12.3. The van der Waals surface area contributed by atoms with Crippen molar-refractivity contribution in [3.05, 3.63) is 82.0 Å². The van der Waals surface area contributed by atoms with Crippen LogP contribution >= 0.6 is 0 Å². The minimum absolute atomic E-state index is 0.298. The monoisotopic (exact) mass is 565 g/mol. The lowest BCUT2D eigenvalue weighted by Crippen LogP contribution is -2.38. The summed E-state index contributed by atoms with van der Waals surface area (Å²) in [5, 5.41) is 0. The van der Waals surface area contributed by atoms with Crippen LogP contribution < -0.4 is 5.73 Å². The number of hydrogen-bond acceptors (Lipinski definition) is 6. The SMILES string of the molecule is C=C(C)N(C)C/C(C)=C/C(CC(N)/C=C1C=C(C2=C(C)/C(=C/C)N(C(=O)OC(C)(C)C)CC/N=C\2)C(F)=CC/1)=N\C. The molecule has 0 fully saturated rings. The highest BCUT2D eigenvalue weighted by atomic mass is 19.1. The van der Waals surface area contributed by atoms with E-state index in [-0.39, 0.29) is 11.9 Å². The van der Waals surface area contributed by atoms with Crippen LogP contribution in [0.25, 0.3) is 0 Å². The number of likely N-dealkylation sites (N-methyl/N-ethyl adjacent to an activating group) is 1. The van der Waals surface area contributed by atoms with Crippen molar-refractivity contribution in [3.8, 4) is 0 Å². The first-order valence-electron chi connectivity index (χ1n) is 14.1. The maximum absolute atomic E-state index is 15.3. The number of ether oxygens (including phenoxy) is 1. The van der Waals surface area contributed by atoms with Crippen molar-refractivity contribution in [1.29, 1.82) is 0 Å². The van der Waals surface area contributed by atoms with E-state index in [2.05, 4.69) is 34.5 Å². The molecule has 1 aliphatic carbocycles. The lowest BCUT2D eigenvalue weighted by molar-refractivity contribution is 0.0321. The van der Waals surface area contributed by atoms with Gasteiger partial charge in [-0.05, 0) is 84.3 Å². The van der Waals surface area contributed by atoms with Crippen LogP contribution in [0, 0.1) is 0 Å². The van der Waals surface area contributed by atoms with Gasteiger partial charge in [-0.2, -0.15) is 0 Å². The number of aliphatic imine (C=N–C) groups is 2. The molecule has 224 valence electrons. The summed E-state index contributed by atoms with van der Waals surface area (Å²) in [6.07, 6.45) is 11.5. The molecule has 8 heteroatoms. The smallest absolute Gasteiger partial charge is 0.414 e. The van der Waals surface area contributed by atoms with E-state index in [1.165, 1.54) is 0 Å². The Bertz CT molecular complexity index is 1250. The Balaban J connectivity index is 2.36. The van der Waals surface area contributed by atoms with Gasteiger partial charge in [0.25, 0.3) is 0 Å². The molecule has 0 aromatic heterocycles. The molecule has 1 unspecified atom stereocenters. The first-order valence-corrected chi connectivity index (χ1v) is 14.1. The summed E-state index contributed by atoms with van der Waals surface area (Å²) in [4.78, 5) is 25.6. The fourth-order valence-electron chi connectivity index (χ4n) is 4.60. The fraction of sp³-hybridized carbons (Fsp3) is 0.485. The third kappa shape index (κ3) is 10.1. The molecular weight excluding hydrogens is 517 g/mol. The van der Waals surface area contributed by atoms with Gasteiger partial charge in [-0.3, -0.25) is 14.9 Å². The van der Waals surface area contributed by atoms with Gasteiger partial charge in [0.15, 0.2) is 0 Å². The highest BCUT2D eigenvalue weighted by Crippen LogP contribution is 2.33.